The predicted molar refractivity (Wildman–Crippen MR) is 62.1 cm³/mol. The van der Waals surface area contributed by atoms with Crippen LogP contribution in [0.15, 0.2) is 12.1 Å². The molecule has 0 bridgehead atoms. The van der Waals surface area contributed by atoms with Gasteiger partial charge in [-0.2, -0.15) is 13.2 Å². The fraction of sp³-hybridized carbons (Fsp3) is 0.583. The van der Waals surface area contributed by atoms with Crippen molar-refractivity contribution >= 4 is 5.82 Å². The summed E-state index contributed by atoms with van der Waals surface area (Å²) in [5.74, 6) is 0.127. The molecule has 1 aromatic heterocycles. The van der Waals surface area contributed by atoms with Gasteiger partial charge in [0, 0.05) is 6.54 Å². The van der Waals surface area contributed by atoms with Crippen LogP contribution in [0.2, 0.25) is 0 Å². The highest BCUT2D eigenvalue weighted by molar-refractivity contribution is 5.40. The number of halogens is 3. The molecular formula is C12H17F3N2. The van der Waals surface area contributed by atoms with Gasteiger partial charge >= 0.3 is 6.18 Å². The average molecular weight is 246 g/mol. The van der Waals surface area contributed by atoms with Gasteiger partial charge in [0.2, 0.25) is 0 Å². The number of alkyl halides is 3. The van der Waals surface area contributed by atoms with E-state index < -0.39 is 11.9 Å². The predicted octanol–water partition coefficient (Wildman–Crippen LogP) is 4.05. The molecule has 96 valence electrons. The summed E-state index contributed by atoms with van der Waals surface area (Å²) in [5.41, 5.74) is -0.507. The van der Waals surface area contributed by atoms with E-state index in [0.29, 0.717) is 13.0 Å². The van der Waals surface area contributed by atoms with Crippen LogP contribution in [0.4, 0.5) is 19.0 Å². The Bertz CT molecular complexity index is 375. The van der Waals surface area contributed by atoms with Crippen LogP contribution in [0, 0.1) is 0 Å². The van der Waals surface area contributed by atoms with E-state index in [1.807, 2.05) is 13.8 Å². The van der Waals surface area contributed by atoms with Gasteiger partial charge in [-0.25, -0.2) is 4.98 Å². The Kier molecular flexibility index (Phi) is 4.37. The van der Waals surface area contributed by atoms with Crippen molar-refractivity contribution in [1.29, 1.82) is 0 Å². The number of pyridine rings is 1. The van der Waals surface area contributed by atoms with E-state index in [2.05, 4.69) is 10.3 Å². The third kappa shape index (κ3) is 3.35. The minimum Gasteiger partial charge on any atom is -0.370 e. The van der Waals surface area contributed by atoms with E-state index in [0.717, 1.165) is 0 Å². The summed E-state index contributed by atoms with van der Waals surface area (Å²) in [6, 6.07) is 3.11. The van der Waals surface area contributed by atoms with Crippen molar-refractivity contribution in [2.45, 2.75) is 39.3 Å². The summed E-state index contributed by atoms with van der Waals surface area (Å²) in [6.07, 6.45) is -3.74. The molecule has 0 aliphatic carbocycles. The number of anilines is 1. The first-order valence-electron chi connectivity index (χ1n) is 5.72. The van der Waals surface area contributed by atoms with Crippen LogP contribution in [-0.4, -0.2) is 11.5 Å². The minimum atomic E-state index is -4.40. The zero-order valence-electron chi connectivity index (χ0n) is 10.2. The van der Waals surface area contributed by atoms with Crippen molar-refractivity contribution < 1.29 is 13.2 Å². The second-order valence-electron chi connectivity index (χ2n) is 3.97. The van der Waals surface area contributed by atoms with Crippen LogP contribution in [0.25, 0.3) is 0 Å². The van der Waals surface area contributed by atoms with Crippen LogP contribution < -0.4 is 5.32 Å². The molecule has 0 saturated carbocycles. The first-order valence-corrected chi connectivity index (χ1v) is 5.72. The molecule has 2 nitrogen and oxygen atoms in total. The van der Waals surface area contributed by atoms with E-state index in [1.165, 1.54) is 6.07 Å². The van der Waals surface area contributed by atoms with Crippen molar-refractivity contribution in [1.82, 2.24) is 4.98 Å². The molecule has 0 amide bonds. The molecular weight excluding hydrogens is 229 g/mol. The Morgan fingerprint density at radius 1 is 1.29 bits per heavy atom. The quantitative estimate of drug-likeness (QED) is 0.867. The van der Waals surface area contributed by atoms with Gasteiger partial charge in [0.25, 0.3) is 0 Å². The lowest BCUT2D eigenvalue weighted by Crippen LogP contribution is -2.15. The second-order valence-corrected chi connectivity index (χ2v) is 3.97. The molecule has 0 spiro atoms. The molecule has 0 saturated heterocycles. The van der Waals surface area contributed by atoms with Crippen LogP contribution in [0.5, 0.6) is 0 Å². The van der Waals surface area contributed by atoms with E-state index >= 15 is 0 Å². The molecule has 0 aliphatic rings. The highest BCUT2D eigenvalue weighted by atomic mass is 19.4. The first-order chi connectivity index (χ1) is 7.90. The molecule has 1 rings (SSSR count). The van der Waals surface area contributed by atoms with Crippen molar-refractivity contribution in [3.63, 3.8) is 0 Å². The zero-order valence-corrected chi connectivity index (χ0v) is 10.2. The highest BCUT2D eigenvalue weighted by Gasteiger charge is 2.36. The maximum absolute atomic E-state index is 12.9. The Morgan fingerprint density at radius 3 is 2.41 bits per heavy atom. The standard InChI is InChI=1S/C12H17F3N2/c1-4-8(3)9-6-7-10(16-5-2)17-11(9)12(13,14)15/h6-8H,4-5H2,1-3H3,(H,16,17). The van der Waals surface area contributed by atoms with E-state index in [1.54, 1.807) is 13.0 Å². The van der Waals surface area contributed by atoms with Crippen LogP contribution in [0.1, 0.15) is 44.4 Å². The van der Waals surface area contributed by atoms with Gasteiger partial charge in [-0.05, 0) is 30.9 Å². The Hall–Kier alpha value is -1.26. The van der Waals surface area contributed by atoms with Gasteiger partial charge in [-0.3, -0.25) is 0 Å². The molecule has 0 fully saturated rings. The summed E-state index contributed by atoms with van der Waals surface area (Å²) in [5, 5.41) is 2.79. The topological polar surface area (TPSA) is 24.9 Å². The SMILES string of the molecule is CCNc1ccc(C(C)CC)c(C(F)(F)F)n1. The highest BCUT2D eigenvalue weighted by Crippen LogP contribution is 2.35. The summed E-state index contributed by atoms with van der Waals surface area (Å²) in [7, 11) is 0. The van der Waals surface area contributed by atoms with Crippen molar-refractivity contribution in [2.24, 2.45) is 0 Å². The lowest BCUT2D eigenvalue weighted by atomic mass is 9.97. The molecule has 1 N–H and O–H groups in total. The zero-order chi connectivity index (χ0) is 13.1. The minimum absolute atomic E-state index is 0.144. The Labute approximate surface area is 99.3 Å². The number of hydrogen-bond donors (Lipinski definition) is 1. The number of nitrogens with zero attached hydrogens (tertiary/aromatic N) is 1. The van der Waals surface area contributed by atoms with Gasteiger partial charge in [0.05, 0.1) is 0 Å². The van der Waals surface area contributed by atoms with Crippen molar-refractivity contribution in [3.8, 4) is 0 Å². The van der Waals surface area contributed by atoms with Gasteiger partial charge in [-0.15, -0.1) is 0 Å². The van der Waals surface area contributed by atoms with E-state index in [-0.39, 0.29) is 17.3 Å². The van der Waals surface area contributed by atoms with Gasteiger partial charge in [0.15, 0.2) is 0 Å². The fourth-order valence-electron chi connectivity index (χ4n) is 1.59. The Morgan fingerprint density at radius 2 is 1.94 bits per heavy atom. The van der Waals surface area contributed by atoms with E-state index in [4.69, 9.17) is 0 Å². The van der Waals surface area contributed by atoms with Crippen LogP contribution in [-0.2, 0) is 6.18 Å². The van der Waals surface area contributed by atoms with Gasteiger partial charge in [0.1, 0.15) is 11.5 Å². The van der Waals surface area contributed by atoms with Crippen molar-refractivity contribution in [2.75, 3.05) is 11.9 Å². The molecule has 5 heteroatoms. The van der Waals surface area contributed by atoms with Gasteiger partial charge < -0.3 is 5.32 Å². The smallest absolute Gasteiger partial charge is 0.370 e. The molecule has 1 heterocycles. The number of nitrogens with one attached hydrogen (secondary N) is 1. The lowest BCUT2D eigenvalue weighted by molar-refractivity contribution is -0.141. The summed E-state index contributed by atoms with van der Waals surface area (Å²) in [6.45, 7) is 6.01. The summed E-state index contributed by atoms with van der Waals surface area (Å²) >= 11 is 0. The number of rotatable bonds is 4. The molecule has 17 heavy (non-hydrogen) atoms. The van der Waals surface area contributed by atoms with Crippen LogP contribution >= 0.6 is 0 Å². The number of hydrogen-bond acceptors (Lipinski definition) is 2. The third-order valence-corrected chi connectivity index (χ3v) is 2.70. The first kappa shape index (κ1) is 13.8. The summed E-state index contributed by atoms with van der Waals surface area (Å²) < 4.78 is 38.6. The number of aromatic nitrogens is 1. The monoisotopic (exact) mass is 246 g/mol. The molecule has 0 aliphatic heterocycles. The second kappa shape index (κ2) is 5.38. The maximum atomic E-state index is 12.9. The largest absolute Gasteiger partial charge is 0.433 e. The Balaban J connectivity index is 3.22. The average Bonchev–Trinajstić information content (AvgIpc) is 2.27. The molecule has 1 atom stereocenters. The van der Waals surface area contributed by atoms with E-state index in [9.17, 15) is 13.2 Å². The van der Waals surface area contributed by atoms with Gasteiger partial charge in [-0.1, -0.05) is 19.9 Å². The maximum Gasteiger partial charge on any atom is 0.433 e. The van der Waals surface area contributed by atoms with Crippen molar-refractivity contribution in [3.05, 3.63) is 23.4 Å². The normalized spacial score (nSPS) is 13.5. The lowest BCUT2D eigenvalue weighted by Gasteiger charge is -2.17. The van der Waals surface area contributed by atoms with Crippen LogP contribution in [0.3, 0.4) is 0 Å². The molecule has 1 aromatic rings. The molecule has 0 radical (unpaired) electrons. The molecule has 1 unspecified atom stereocenters. The fourth-order valence-corrected chi connectivity index (χ4v) is 1.59. The molecule has 0 aromatic carbocycles. The summed E-state index contributed by atoms with van der Waals surface area (Å²) in [4.78, 5) is 3.67. The third-order valence-electron chi connectivity index (χ3n) is 2.70.